The summed E-state index contributed by atoms with van der Waals surface area (Å²) in [5.41, 5.74) is 0. The molecule has 0 rings (SSSR count). The van der Waals surface area contributed by atoms with Crippen molar-refractivity contribution in [2.75, 3.05) is 11.8 Å². The first kappa shape index (κ1) is 7.63. The Bertz CT molecular complexity index is 28.9. The number of alkyl halides is 1. The molecule has 0 amide bonds. The maximum Gasteiger partial charge on any atom is 0.145 e. The van der Waals surface area contributed by atoms with E-state index in [0.717, 1.165) is 12.2 Å². The molecule has 0 N–H and O–H groups in total. The maximum atomic E-state index is 11.3. The van der Waals surface area contributed by atoms with Gasteiger partial charge >= 0.3 is 0 Å². The Hall–Kier alpha value is 0.630. The lowest BCUT2D eigenvalue weighted by Gasteiger charge is -1.88. The Kier molecular flexibility index (Phi) is 7.23. The third kappa shape index (κ3) is 6.63. The Morgan fingerprint density at radius 1 is 1.43 bits per heavy atom. The van der Waals surface area contributed by atoms with Crippen LogP contribution in [0.1, 0.15) is 13.3 Å². The van der Waals surface area contributed by atoms with Crippen LogP contribution in [-0.2, 0) is 0 Å². The first-order valence-corrected chi connectivity index (χ1v) is 4.71. The standard InChI is InChI=1S/C4H9FS2/c1-2-3-6-7-4-5/h2-4H2,1H3. The van der Waals surface area contributed by atoms with Gasteiger partial charge in [-0.1, -0.05) is 28.5 Å². The van der Waals surface area contributed by atoms with Crippen molar-refractivity contribution in [3.05, 3.63) is 0 Å². The van der Waals surface area contributed by atoms with Crippen LogP contribution in [0.4, 0.5) is 4.39 Å². The molecule has 0 saturated carbocycles. The summed E-state index contributed by atoms with van der Waals surface area (Å²) in [5, 5.41) is 0. The number of hydrogen-bond acceptors (Lipinski definition) is 2. The molecule has 0 aromatic carbocycles. The van der Waals surface area contributed by atoms with Gasteiger partial charge in [-0.3, -0.25) is 0 Å². The third-order valence-electron chi connectivity index (χ3n) is 0.415. The molecule has 7 heavy (non-hydrogen) atoms. The number of rotatable bonds is 4. The van der Waals surface area contributed by atoms with Crippen molar-refractivity contribution >= 4 is 21.6 Å². The molecule has 0 saturated heterocycles. The molecular weight excluding hydrogens is 131 g/mol. The van der Waals surface area contributed by atoms with Gasteiger partial charge in [0.15, 0.2) is 0 Å². The zero-order chi connectivity index (χ0) is 5.54. The highest BCUT2D eigenvalue weighted by atomic mass is 33.1. The van der Waals surface area contributed by atoms with E-state index in [1.165, 1.54) is 10.8 Å². The number of hydrogen-bond donors (Lipinski definition) is 0. The smallest absolute Gasteiger partial charge is 0.145 e. The van der Waals surface area contributed by atoms with E-state index < -0.39 is 0 Å². The predicted molar refractivity (Wildman–Crippen MR) is 36.3 cm³/mol. The van der Waals surface area contributed by atoms with Crippen LogP contribution < -0.4 is 0 Å². The lowest BCUT2D eigenvalue weighted by molar-refractivity contribution is 0.608. The van der Waals surface area contributed by atoms with Crippen LogP contribution in [0.3, 0.4) is 0 Å². The van der Waals surface area contributed by atoms with Gasteiger partial charge in [0, 0.05) is 5.75 Å². The second-order valence-corrected chi connectivity index (χ2v) is 3.56. The molecule has 0 aliphatic carbocycles. The van der Waals surface area contributed by atoms with E-state index in [1.807, 2.05) is 0 Å². The molecule has 3 heteroatoms. The quantitative estimate of drug-likeness (QED) is 0.435. The van der Waals surface area contributed by atoms with Gasteiger partial charge in [-0.05, 0) is 6.42 Å². The largest absolute Gasteiger partial charge is 0.238 e. The van der Waals surface area contributed by atoms with Crippen LogP contribution in [0.15, 0.2) is 0 Å². The van der Waals surface area contributed by atoms with Crippen LogP contribution in [0, 0.1) is 0 Å². The van der Waals surface area contributed by atoms with Crippen LogP contribution in [0.25, 0.3) is 0 Å². The second kappa shape index (κ2) is 6.63. The normalized spacial score (nSPS) is 9.43. The van der Waals surface area contributed by atoms with E-state index in [0.29, 0.717) is 0 Å². The van der Waals surface area contributed by atoms with Crippen molar-refractivity contribution in [2.45, 2.75) is 13.3 Å². The fourth-order valence-electron chi connectivity index (χ4n) is 0.174. The summed E-state index contributed by atoms with van der Waals surface area (Å²) < 4.78 is 11.3. The summed E-state index contributed by atoms with van der Waals surface area (Å²) in [4.78, 5) is 0. The van der Waals surface area contributed by atoms with Crippen LogP contribution in [0.2, 0.25) is 0 Å². The monoisotopic (exact) mass is 140 g/mol. The molecule has 0 aliphatic heterocycles. The van der Waals surface area contributed by atoms with Gasteiger partial charge < -0.3 is 0 Å². The fraction of sp³-hybridized carbons (Fsp3) is 1.00. The van der Waals surface area contributed by atoms with Crippen molar-refractivity contribution in [3.8, 4) is 0 Å². The molecule has 44 valence electrons. The Balaban J connectivity index is 2.45. The topological polar surface area (TPSA) is 0 Å². The average molecular weight is 140 g/mol. The Morgan fingerprint density at radius 3 is 2.57 bits per heavy atom. The predicted octanol–water partition coefficient (Wildman–Crippen LogP) is 2.70. The molecular formula is C4H9FS2. The minimum Gasteiger partial charge on any atom is -0.238 e. The maximum absolute atomic E-state index is 11.3. The first-order chi connectivity index (χ1) is 3.41. The Labute approximate surface area is 51.6 Å². The summed E-state index contributed by atoms with van der Waals surface area (Å²) in [6.45, 7) is 2.09. The zero-order valence-corrected chi connectivity index (χ0v) is 5.95. The summed E-state index contributed by atoms with van der Waals surface area (Å²) in [5.74, 6) is 1.06. The van der Waals surface area contributed by atoms with Crippen molar-refractivity contribution in [1.82, 2.24) is 0 Å². The molecule has 0 fully saturated rings. The highest BCUT2D eigenvalue weighted by Crippen LogP contribution is 2.20. The van der Waals surface area contributed by atoms with Gasteiger partial charge in [0.2, 0.25) is 0 Å². The fourth-order valence-corrected chi connectivity index (χ4v) is 1.56. The van der Waals surface area contributed by atoms with Crippen molar-refractivity contribution in [1.29, 1.82) is 0 Å². The molecule has 0 aliphatic rings. The molecule has 0 heterocycles. The number of halogens is 1. The molecule has 0 unspecified atom stereocenters. The lowest BCUT2D eigenvalue weighted by atomic mass is 10.6. The van der Waals surface area contributed by atoms with E-state index in [-0.39, 0.29) is 6.01 Å². The molecule has 0 radical (unpaired) electrons. The average Bonchev–Trinajstić information content (AvgIpc) is 1.69. The molecule has 0 bridgehead atoms. The van der Waals surface area contributed by atoms with E-state index in [1.54, 1.807) is 10.8 Å². The molecule has 0 atom stereocenters. The highest BCUT2D eigenvalue weighted by Gasteiger charge is 1.82. The van der Waals surface area contributed by atoms with Crippen LogP contribution in [-0.4, -0.2) is 11.8 Å². The summed E-state index contributed by atoms with van der Waals surface area (Å²) >= 11 is 0. The van der Waals surface area contributed by atoms with Gasteiger partial charge in [0.05, 0.1) is 0 Å². The second-order valence-electron chi connectivity index (χ2n) is 1.05. The summed E-state index contributed by atoms with van der Waals surface area (Å²) in [6.07, 6.45) is 1.14. The first-order valence-electron chi connectivity index (χ1n) is 2.22. The molecule has 0 nitrogen and oxygen atoms in total. The van der Waals surface area contributed by atoms with E-state index >= 15 is 0 Å². The van der Waals surface area contributed by atoms with Gasteiger partial charge in [-0.15, -0.1) is 0 Å². The van der Waals surface area contributed by atoms with Crippen molar-refractivity contribution in [3.63, 3.8) is 0 Å². The molecule has 0 aromatic rings. The van der Waals surface area contributed by atoms with Crippen molar-refractivity contribution < 1.29 is 4.39 Å². The Morgan fingerprint density at radius 2 is 2.14 bits per heavy atom. The summed E-state index contributed by atoms with van der Waals surface area (Å²) in [7, 11) is 2.88. The summed E-state index contributed by atoms with van der Waals surface area (Å²) in [6, 6.07) is -0.259. The molecule has 0 spiro atoms. The van der Waals surface area contributed by atoms with Crippen LogP contribution in [0.5, 0.6) is 0 Å². The lowest BCUT2D eigenvalue weighted by Crippen LogP contribution is -1.66. The van der Waals surface area contributed by atoms with Gasteiger partial charge in [-0.25, -0.2) is 4.39 Å². The third-order valence-corrected chi connectivity index (χ3v) is 2.51. The van der Waals surface area contributed by atoms with E-state index in [2.05, 4.69) is 6.92 Å². The van der Waals surface area contributed by atoms with Crippen LogP contribution >= 0.6 is 21.6 Å². The van der Waals surface area contributed by atoms with E-state index in [9.17, 15) is 4.39 Å². The highest BCUT2D eigenvalue weighted by molar-refractivity contribution is 8.76. The van der Waals surface area contributed by atoms with E-state index in [4.69, 9.17) is 0 Å². The van der Waals surface area contributed by atoms with Gasteiger partial charge in [-0.2, -0.15) is 0 Å². The minimum atomic E-state index is -0.259. The molecule has 0 aromatic heterocycles. The SMILES string of the molecule is CCCSSCF. The van der Waals surface area contributed by atoms with Gasteiger partial charge in [0.1, 0.15) is 6.01 Å². The minimum absolute atomic E-state index is 0.259. The van der Waals surface area contributed by atoms with Gasteiger partial charge in [0.25, 0.3) is 0 Å². The van der Waals surface area contributed by atoms with Crippen molar-refractivity contribution in [2.24, 2.45) is 0 Å². The zero-order valence-electron chi connectivity index (χ0n) is 4.32.